The van der Waals surface area contributed by atoms with Crippen molar-refractivity contribution in [1.29, 1.82) is 0 Å². The van der Waals surface area contributed by atoms with Crippen LogP contribution >= 0.6 is 0 Å². The lowest BCUT2D eigenvalue weighted by Crippen LogP contribution is -2.41. The Balaban J connectivity index is 1.99. The summed E-state index contributed by atoms with van der Waals surface area (Å²) in [5.74, 6) is 0.304. The fraction of sp³-hybridized carbons (Fsp3) is 0.571. The van der Waals surface area contributed by atoms with Crippen molar-refractivity contribution in [3.63, 3.8) is 0 Å². The lowest BCUT2D eigenvalue weighted by atomic mass is 9.50. The van der Waals surface area contributed by atoms with Gasteiger partial charge in [0, 0.05) is 18.2 Å². The normalized spacial score (nSPS) is 29.1. The number of ketones is 1. The molecular formula is C21H29BO3. The molecule has 4 heteroatoms. The van der Waals surface area contributed by atoms with Gasteiger partial charge in [-0.2, -0.15) is 0 Å². The summed E-state index contributed by atoms with van der Waals surface area (Å²) in [4.78, 5) is 12.3. The van der Waals surface area contributed by atoms with E-state index in [2.05, 4.69) is 52.8 Å². The predicted molar refractivity (Wildman–Crippen MR) is 102 cm³/mol. The van der Waals surface area contributed by atoms with E-state index < -0.39 is 0 Å². The van der Waals surface area contributed by atoms with Gasteiger partial charge in [0.05, 0.1) is 11.2 Å². The van der Waals surface area contributed by atoms with Crippen LogP contribution in [0, 0.1) is 0 Å². The summed E-state index contributed by atoms with van der Waals surface area (Å²) in [5, 5.41) is -0.389. The molecule has 25 heavy (non-hydrogen) atoms. The molecule has 2 aliphatic rings. The molecule has 134 valence electrons. The van der Waals surface area contributed by atoms with Gasteiger partial charge in [0.15, 0.2) is 0 Å². The van der Waals surface area contributed by atoms with Gasteiger partial charge in [-0.1, -0.05) is 36.4 Å². The molecule has 3 nitrogen and oxygen atoms in total. The Morgan fingerprint density at radius 1 is 1.08 bits per heavy atom. The summed E-state index contributed by atoms with van der Waals surface area (Å²) in [7, 11) is -0.389. The van der Waals surface area contributed by atoms with Crippen molar-refractivity contribution < 1.29 is 14.1 Å². The molecule has 1 atom stereocenters. The van der Waals surface area contributed by atoms with Crippen LogP contribution in [-0.4, -0.2) is 24.1 Å². The lowest BCUT2D eigenvalue weighted by Gasteiger charge is -2.36. The number of hydrogen-bond acceptors (Lipinski definition) is 3. The van der Waals surface area contributed by atoms with Gasteiger partial charge < -0.3 is 9.31 Å². The zero-order valence-electron chi connectivity index (χ0n) is 16.1. The minimum Gasteiger partial charge on any atom is -0.403 e. The van der Waals surface area contributed by atoms with Crippen molar-refractivity contribution >= 4 is 18.5 Å². The topological polar surface area (TPSA) is 35.5 Å². The van der Waals surface area contributed by atoms with Gasteiger partial charge in [-0.05, 0) is 58.6 Å². The van der Waals surface area contributed by atoms with E-state index in [0.29, 0.717) is 18.6 Å². The van der Waals surface area contributed by atoms with Gasteiger partial charge in [0.2, 0.25) is 0 Å². The molecule has 0 bridgehead atoms. The molecule has 0 radical (unpaired) electrons. The maximum atomic E-state index is 12.3. The lowest BCUT2D eigenvalue weighted by molar-refractivity contribution is -0.121. The first-order valence-corrected chi connectivity index (χ1v) is 9.27. The van der Waals surface area contributed by atoms with E-state index in [1.165, 1.54) is 11.1 Å². The van der Waals surface area contributed by atoms with Crippen LogP contribution in [0.1, 0.15) is 65.9 Å². The van der Waals surface area contributed by atoms with Crippen molar-refractivity contribution in [3.05, 3.63) is 42.0 Å². The van der Waals surface area contributed by atoms with Crippen molar-refractivity contribution in [2.75, 3.05) is 0 Å². The first kappa shape index (κ1) is 18.4. The van der Waals surface area contributed by atoms with Crippen LogP contribution in [0.25, 0.3) is 5.57 Å². The molecule has 1 aromatic carbocycles. The number of benzene rings is 1. The van der Waals surface area contributed by atoms with Crippen LogP contribution in [0.2, 0.25) is 5.31 Å². The van der Waals surface area contributed by atoms with Crippen LogP contribution in [0.5, 0.6) is 0 Å². The second-order valence-corrected chi connectivity index (χ2v) is 8.58. The maximum absolute atomic E-state index is 12.3. The minimum absolute atomic E-state index is 0.304. The molecule has 2 fully saturated rings. The second-order valence-electron chi connectivity index (χ2n) is 8.58. The van der Waals surface area contributed by atoms with Gasteiger partial charge in [0.1, 0.15) is 5.78 Å². The highest BCUT2D eigenvalue weighted by Gasteiger charge is 2.59. The van der Waals surface area contributed by atoms with Gasteiger partial charge in [-0.3, -0.25) is 4.79 Å². The smallest absolute Gasteiger partial charge is 0.403 e. The number of carbonyl (C=O) groups is 1. The maximum Gasteiger partial charge on any atom is 0.469 e. The SMILES string of the molecule is C/C(=C\[C@@]1(B2OC(C)(C)C(C)(C)O2)CCCC(=O)C1)c1ccccc1. The third-order valence-electron chi connectivity index (χ3n) is 6.08. The third kappa shape index (κ3) is 3.47. The highest BCUT2D eigenvalue weighted by Crippen LogP contribution is 2.53. The van der Waals surface area contributed by atoms with Crippen molar-refractivity contribution in [1.82, 2.24) is 0 Å². The second kappa shape index (κ2) is 6.41. The zero-order chi connectivity index (χ0) is 18.3. The van der Waals surface area contributed by atoms with Gasteiger partial charge >= 0.3 is 7.12 Å². The Morgan fingerprint density at radius 2 is 1.68 bits per heavy atom. The van der Waals surface area contributed by atoms with Crippen molar-refractivity contribution in [3.8, 4) is 0 Å². The molecule has 1 saturated carbocycles. The van der Waals surface area contributed by atoms with E-state index in [9.17, 15) is 4.79 Å². The summed E-state index contributed by atoms with van der Waals surface area (Å²) in [6.45, 7) is 10.4. The average Bonchev–Trinajstić information content (AvgIpc) is 2.77. The molecule has 1 aliphatic heterocycles. The van der Waals surface area contributed by atoms with E-state index in [1.54, 1.807) is 0 Å². The van der Waals surface area contributed by atoms with E-state index in [0.717, 1.165) is 12.8 Å². The number of carbonyl (C=O) groups excluding carboxylic acids is 1. The standard InChI is InChI=1S/C21H29BO3/c1-16(17-10-7-6-8-11-17)14-21(13-9-12-18(23)15-21)22-24-19(2,3)20(4,5)25-22/h6-8,10-11,14H,9,12-13,15H2,1-5H3/b16-14+/t21-/m0/s1. The summed E-state index contributed by atoms with van der Waals surface area (Å²) in [5.41, 5.74) is 1.57. The predicted octanol–water partition coefficient (Wildman–Crippen LogP) is 5.07. The van der Waals surface area contributed by atoms with Crippen LogP contribution in [-0.2, 0) is 14.1 Å². The van der Waals surface area contributed by atoms with E-state index in [-0.39, 0.29) is 23.6 Å². The third-order valence-corrected chi connectivity index (χ3v) is 6.08. The first-order valence-electron chi connectivity index (χ1n) is 9.27. The molecule has 1 saturated heterocycles. The summed E-state index contributed by atoms with van der Waals surface area (Å²) in [6, 6.07) is 10.3. The fourth-order valence-electron chi connectivity index (χ4n) is 3.84. The van der Waals surface area contributed by atoms with Crippen LogP contribution in [0.4, 0.5) is 0 Å². The number of allylic oxidation sites excluding steroid dienone is 2. The molecule has 1 heterocycles. The van der Waals surface area contributed by atoms with E-state index >= 15 is 0 Å². The molecule has 1 aliphatic carbocycles. The molecule has 1 aromatic rings. The molecule has 3 rings (SSSR count). The Morgan fingerprint density at radius 3 is 2.24 bits per heavy atom. The molecular weight excluding hydrogens is 311 g/mol. The monoisotopic (exact) mass is 340 g/mol. The summed E-state index contributed by atoms with van der Waals surface area (Å²) in [6.07, 6.45) is 5.20. The molecule has 0 N–H and O–H groups in total. The Labute approximate surface area is 151 Å². The summed E-state index contributed by atoms with van der Waals surface area (Å²) >= 11 is 0. The largest absolute Gasteiger partial charge is 0.469 e. The van der Waals surface area contributed by atoms with Crippen molar-refractivity contribution in [2.45, 2.75) is 76.8 Å². The van der Waals surface area contributed by atoms with E-state index in [4.69, 9.17) is 9.31 Å². The van der Waals surface area contributed by atoms with E-state index in [1.807, 2.05) is 18.2 Å². The number of Topliss-reactive ketones (excluding diaryl/α,β-unsaturated/α-hetero) is 1. The summed E-state index contributed by atoms with van der Waals surface area (Å²) < 4.78 is 12.7. The zero-order valence-corrected chi connectivity index (χ0v) is 16.1. The van der Waals surface area contributed by atoms with Crippen LogP contribution in [0.3, 0.4) is 0 Å². The Bertz CT molecular complexity index is 662. The van der Waals surface area contributed by atoms with Crippen molar-refractivity contribution in [2.24, 2.45) is 0 Å². The number of rotatable bonds is 3. The minimum atomic E-state index is -0.389. The molecule has 0 unspecified atom stereocenters. The molecule has 0 spiro atoms. The molecule has 0 amide bonds. The van der Waals surface area contributed by atoms with Crippen LogP contribution < -0.4 is 0 Å². The Kier molecular flexibility index (Phi) is 4.72. The van der Waals surface area contributed by atoms with Gasteiger partial charge in [-0.15, -0.1) is 0 Å². The highest BCUT2D eigenvalue weighted by molar-refractivity contribution is 6.51. The molecule has 0 aromatic heterocycles. The average molecular weight is 340 g/mol. The fourth-order valence-corrected chi connectivity index (χ4v) is 3.84. The van der Waals surface area contributed by atoms with Crippen LogP contribution in [0.15, 0.2) is 36.4 Å². The first-order chi connectivity index (χ1) is 11.7. The Hall–Kier alpha value is -1.39. The quantitative estimate of drug-likeness (QED) is 0.721. The highest BCUT2D eigenvalue weighted by atomic mass is 16.7. The van der Waals surface area contributed by atoms with Gasteiger partial charge in [-0.25, -0.2) is 0 Å². The van der Waals surface area contributed by atoms with Gasteiger partial charge in [0.25, 0.3) is 0 Å². The number of hydrogen-bond donors (Lipinski definition) is 0.